The number of carbonyl (C=O) groups excluding carboxylic acids is 1. The summed E-state index contributed by atoms with van der Waals surface area (Å²) in [4.78, 5) is 10.4. The van der Waals surface area contributed by atoms with Crippen LogP contribution in [0.25, 0.3) is 0 Å². The maximum absolute atomic E-state index is 10.4. The third-order valence-electron chi connectivity index (χ3n) is 0.446. The maximum atomic E-state index is 10.4. The van der Waals surface area contributed by atoms with Gasteiger partial charge >= 0.3 is 63.3 Å². The topological polar surface area (TPSA) is 26.3 Å². The summed E-state index contributed by atoms with van der Waals surface area (Å²) < 4.78 is 4.50. The summed E-state index contributed by atoms with van der Waals surface area (Å²) in [5.74, 6) is -0.575. The Hall–Kier alpha value is 0.220. The molecule has 0 aromatic rings. The SMILES string of the molecule is C=CC(=O)O[PH](C)(Cl)Cl. The van der Waals surface area contributed by atoms with Crippen molar-refractivity contribution in [2.75, 3.05) is 6.66 Å². The molecule has 0 aromatic heterocycles. The molecule has 0 fully saturated rings. The van der Waals surface area contributed by atoms with Crippen molar-refractivity contribution in [2.45, 2.75) is 0 Å². The number of halogens is 2. The predicted octanol–water partition coefficient (Wildman–Crippen LogP) is 2.32. The summed E-state index contributed by atoms with van der Waals surface area (Å²) in [6, 6.07) is 0. The van der Waals surface area contributed by atoms with Crippen molar-refractivity contribution < 1.29 is 9.32 Å². The van der Waals surface area contributed by atoms with Crippen LogP contribution >= 0.6 is 28.7 Å². The molecule has 0 aromatic carbocycles. The minimum atomic E-state index is -2.72. The Bertz CT molecular complexity index is 129. The van der Waals surface area contributed by atoms with Crippen molar-refractivity contribution in [1.82, 2.24) is 0 Å². The molecule has 0 aliphatic rings. The average molecular weight is 189 g/mol. The summed E-state index contributed by atoms with van der Waals surface area (Å²) in [6.45, 7) is 4.66. The minimum absolute atomic E-state index is 0.575. The molecule has 0 N–H and O–H groups in total. The van der Waals surface area contributed by atoms with Crippen LogP contribution in [0.4, 0.5) is 0 Å². The molecule has 0 rings (SSSR count). The second-order valence-corrected chi connectivity index (χ2v) is 8.16. The van der Waals surface area contributed by atoms with Gasteiger partial charge in [0.2, 0.25) is 0 Å². The monoisotopic (exact) mass is 188 g/mol. The molecule has 0 aliphatic heterocycles. The van der Waals surface area contributed by atoms with E-state index in [0.29, 0.717) is 0 Å². The summed E-state index contributed by atoms with van der Waals surface area (Å²) in [5, 5.41) is 0. The Morgan fingerprint density at radius 3 is 2.33 bits per heavy atom. The Labute approximate surface area is 63.8 Å². The fourth-order valence-corrected chi connectivity index (χ4v) is 1.11. The normalized spacial score (nSPS) is 12.3. The van der Waals surface area contributed by atoms with Crippen molar-refractivity contribution in [1.29, 1.82) is 0 Å². The van der Waals surface area contributed by atoms with E-state index in [-0.39, 0.29) is 0 Å². The molecule has 0 unspecified atom stereocenters. The molecule has 0 bridgehead atoms. The summed E-state index contributed by atoms with van der Waals surface area (Å²) >= 11 is 10.8. The molecular weight excluding hydrogens is 182 g/mol. The van der Waals surface area contributed by atoms with E-state index in [9.17, 15) is 4.79 Å². The summed E-state index contributed by atoms with van der Waals surface area (Å²) in [7, 11) is 0. The number of hydrogen-bond acceptors (Lipinski definition) is 2. The summed E-state index contributed by atoms with van der Waals surface area (Å²) in [6.07, 6.45) is -1.69. The van der Waals surface area contributed by atoms with Gasteiger partial charge < -0.3 is 0 Å². The molecule has 0 saturated heterocycles. The fraction of sp³-hybridized carbons (Fsp3) is 0.250. The van der Waals surface area contributed by atoms with E-state index < -0.39 is 12.2 Å². The molecule has 0 atom stereocenters. The Kier molecular flexibility index (Phi) is 3.49. The zero-order valence-electron chi connectivity index (χ0n) is 4.86. The Morgan fingerprint density at radius 2 is 2.22 bits per heavy atom. The van der Waals surface area contributed by atoms with Gasteiger partial charge in [0.25, 0.3) is 0 Å². The van der Waals surface area contributed by atoms with Crippen LogP contribution in [0.2, 0.25) is 0 Å². The van der Waals surface area contributed by atoms with Gasteiger partial charge in [0.05, 0.1) is 0 Å². The zero-order valence-corrected chi connectivity index (χ0v) is 7.37. The molecule has 54 valence electrons. The quantitative estimate of drug-likeness (QED) is 0.492. The van der Waals surface area contributed by atoms with E-state index >= 15 is 0 Å². The van der Waals surface area contributed by atoms with Crippen molar-refractivity contribution >= 4 is 34.6 Å². The van der Waals surface area contributed by atoms with Gasteiger partial charge in [0.1, 0.15) is 0 Å². The number of carbonyl (C=O) groups is 1. The second kappa shape index (κ2) is 3.40. The van der Waals surface area contributed by atoms with Crippen molar-refractivity contribution in [3.63, 3.8) is 0 Å². The van der Waals surface area contributed by atoms with Gasteiger partial charge in [0, 0.05) is 0 Å². The van der Waals surface area contributed by atoms with E-state index in [4.69, 9.17) is 22.5 Å². The molecule has 0 saturated carbocycles. The van der Waals surface area contributed by atoms with E-state index in [1.165, 1.54) is 6.66 Å². The molecule has 0 heterocycles. The van der Waals surface area contributed by atoms with Gasteiger partial charge in [-0.05, 0) is 0 Å². The standard InChI is InChI=1S/C4H7Cl2O2P/c1-3-4(7)8-9(2,5)6/h3,9H,1H2,2H3. The predicted molar refractivity (Wildman–Crippen MR) is 42.2 cm³/mol. The van der Waals surface area contributed by atoms with Gasteiger partial charge in [-0.15, -0.1) is 0 Å². The van der Waals surface area contributed by atoms with Gasteiger partial charge in [-0.25, -0.2) is 0 Å². The van der Waals surface area contributed by atoms with Crippen LogP contribution in [-0.4, -0.2) is 12.6 Å². The first-order chi connectivity index (χ1) is 3.95. The molecule has 9 heavy (non-hydrogen) atoms. The second-order valence-electron chi connectivity index (χ2n) is 1.43. The Morgan fingerprint density at radius 1 is 1.78 bits per heavy atom. The van der Waals surface area contributed by atoms with Crippen LogP contribution < -0.4 is 0 Å². The van der Waals surface area contributed by atoms with Crippen LogP contribution in [-0.2, 0) is 9.32 Å². The Balaban J connectivity index is 3.74. The molecule has 5 heteroatoms. The van der Waals surface area contributed by atoms with E-state index in [1.807, 2.05) is 0 Å². The first-order valence-electron chi connectivity index (χ1n) is 2.19. The summed E-state index contributed by atoms with van der Waals surface area (Å²) in [5.41, 5.74) is 0. The van der Waals surface area contributed by atoms with Crippen LogP contribution in [0.5, 0.6) is 0 Å². The third-order valence-corrected chi connectivity index (χ3v) is 1.47. The number of hydrogen-bond donors (Lipinski definition) is 0. The molecule has 0 radical (unpaired) electrons. The molecule has 2 nitrogen and oxygen atoms in total. The van der Waals surface area contributed by atoms with E-state index in [0.717, 1.165) is 6.08 Å². The van der Waals surface area contributed by atoms with Gasteiger partial charge in [-0.2, -0.15) is 0 Å². The number of rotatable bonds is 2. The molecule has 0 amide bonds. The van der Waals surface area contributed by atoms with Gasteiger partial charge in [-0.3, -0.25) is 0 Å². The van der Waals surface area contributed by atoms with Crippen molar-refractivity contribution in [3.8, 4) is 0 Å². The molecule has 0 spiro atoms. The van der Waals surface area contributed by atoms with E-state index in [2.05, 4.69) is 11.1 Å². The van der Waals surface area contributed by atoms with Crippen molar-refractivity contribution in [3.05, 3.63) is 12.7 Å². The average Bonchev–Trinajstić information content (AvgIpc) is 1.62. The molecular formula is C4H7Cl2O2P. The van der Waals surface area contributed by atoms with Gasteiger partial charge in [-0.1, -0.05) is 0 Å². The van der Waals surface area contributed by atoms with E-state index in [1.54, 1.807) is 0 Å². The third kappa shape index (κ3) is 6.10. The molecule has 0 aliphatic carbocycles. The van der Waals surface area contributed by atoms with Crippen LogP contribution in [0.15, 0.2) is 12.7 Å². The first-order valence-corrected chi connectivity index (χ1v) is 6.62. The zero-order chi connectivity index (χ0) is 7.49. The van der Waals surface area contributed by atoms with Crippen LogP contribution in [0, 0.1) is 0 Å². The van der Waals surface area contributed by atoms with Crippen LogP contribution in [0.1, 0.15) is 0 Å². The fourth-order valence-electron chi connectivity index (χ4n) is 0.218. The first kappa shape index (κ1) is 9.22. The van der Waals surface area contributed by atoms with Crippen LogP contribution in [0.3, 0.4) is 0 Å². The van der Waals surface area contributed by atoms with Gasteiger partial charge in [0.15, 0.2) is 0 Å². The van der Waals surface area contributed by atoms with Crippen molar-refractivity contribution in [2.24, 2.45) is 0 Å².